The topological polar surface area (TPSA) is 68.3 Å². The van der Waals surface area contributed by atoms with Crippen molar-refractivity contribution in [2.45, 2.75) is 82.1 Å². The smallest absolute Gasteiger partial charge is 0.212 e. The Hall–Kier alpha value is -0.100. The van der Waals surface area contributed by atoms with Crippen molar-refractivity contribution in [1.82, 2.24) is 0 Å². The van der Waals surface area contributed by atoms with Crippen LogP contribution in [-0.2, 0) is 17.7 Å². The van der Waals surface area contributed by atoms with E-state index in [0.29, 0.717) is 19.3 Å². The molecule has 1 atom stereocenters. The second-order valence-corrected chi connectivity index (χ2v) is 11.8. The monoisotopic (exact) mass is 310 g/mol. The maximum absolute atomic E-state index is 12.3. The van der Waals surface area contributed by atoms with Crippen molar-refractivity contribution in [3.05, 3.63) is 0 Å². The molecule has 0 N–H and O–H groups in total. The fraction of sp³-hybridized carbons (Fsp3) is 1.00. The van der Waals surface area contributed by atoms with Gasteiger partial charge in [-0.25, -0.2) is 16.8 Å². The van der Waals surface area contributed by atoms with Gasteiger partial charge >= 0.3 is 0 Å². The molecule has 0 radical (unpaired) electrons. The molecule has 4 nitrogen and oxygen atoms in total. The highest BCUT2D eigenvalue weighted by atomic mass is 33.2. The van der Waals surface area contributed by atoms with Crippen LogP contribution in [-0.4, -0.2) is 27.3 Å². The van der Waals surface area contributed by atoms with E-state index in [0.717, 1.165) is 38.5 Å². The van der Waals surface area contributed by atoms with E-state index >= 15 is 0 Å². The molecule has 19 heavy (non-hydrogen) atoms. The van der Waals surface area contributed by atoms with E-state index in [1.54, 1.807) is 0 Å². The lowest BCUT2D eigenvalue weighted by atomic mass is 10.0. The Morgan fingerprint density at radius 1 is 1.00 bits per heavy atom. The van der Waals surface area contributed by atoms with Crippen molar-refractivity contribution in [1.29, 1.82) is 0 Å². The first-order chi connectivity index (χ1) is 8.84. The largest absolute Gasteiger partial charge is 0.256 e. The predicted octanol–water partition coefficient (Wildman–Crippen LogP) is 3.03. The first-order valence-corrected chi connectivity index (χ1v) is 10.9. The lowest BCUT2D eigenvalue weighted by Crippen LogP contribution is -2.35. The molecule has 1 rings (SSSR count). The first kappa shape index (κ1) is 17.0. The number of hydrogen-bond acceptors (Lipinski definition) is 4. The van der Waals surface area contributed by atoms with Crippen LogP contribution < -0.4 is 0 Å². The summed E-state index contributed by atoms with van der Waals surface area (Å²) in [6.45, 7) is 3.57. The van der Waals surface area contributed by atoms with Gasteiger partial charge in [0.15, 0.2) is 0 Å². The summed E-state index contributed by atoms with van der Waals surface area (Å²) in [5.41, 5.74) is 0. The maximum atomic E-state index is 12.3. The van der Waals surface area contributed by atoms with Crippen LogP contribution in [0.3, 0.4) is 0 Å². The molecule has 114 valence electrons. The van der Waals surface area contributed by atoms with Crippen molar-refractivity contribution in [2.75, 3.05) is 0 Å². The van der Waals surface area contributed by atoms with Gasteiger partial charge < -0.3 is 0 Å². The molecular formula is C13H26O4S2. The van der Waals surface area contributed by atoms with E-state index in [4.69, 9.17) is 0 Å². The summed E-state index contributed by atoms with van der Waals surface area (Å²) < 4.78 is 49.1. The van der Waals surface area contributed by atoms with Crippen molar-refractivity contribution in [3.63, 3.8) is 0 Å². The second-order valence-electron chi connectivity index (χ2n) is 5.55. The van der Waals surface area contributed by atoms with E-state index in [2.05, 4.69) is 0 Å². The molecule has 0 spiro atoms. The second kappa shape index (κ2) is 7.07. The van der Waals surface area contributed by atoms with Crippen LogP contribution in [0.5, 0.6) is 0 Å². The summed E-state index contributed by atoms with van der Waals surface area (Å²) in [5, 5.41) is -1.44. The highest BCUT2D eigenvalue weighted by Crippen LogP contribution is 2.29. The van der Waals surface area contributed by atoms with Gasteiger partial charge in [0.25, 0.3) is 17.7 Å². The fourth-order valence-electron chi connectivity index (χ4n) is 2.60. The summed E-state index contributed by atoms with van der Waals surface area (Å²) in [4.78, 5) is 0. The minimum absolute atomic E-state index is 0.447. The third kappa shape index (κ3) is 3.94. The zero-order valence-corrected chi connectivity index (χ0v) is 13.6. The Bertz CT molecular complexity index is 459. The maximum Gasteiger partial charge on any atom is 0.256 e. The third-order valence-electron chi connectivity index (χ3n) is 3.99. The Labute approximate surface area is 117 Å². The number of hydrogen-bond donors (Lipinski definition) is 0. The average molecular weight is 310 g/mol. The summed E-state index contributed by atoms with van der Waals surface area (Å²) in [5.74, 6) is 0. The van der Waals surface area contributed by atoms with Crippen LogP contribution in [0.4, 0.5) is 0 Å². The standard InChI is InChI=1S/C13H26O4S2/c1-3-4-6-9-12(2)18(14,15)19(16,17)13-10-7-5-8-11-13/h12-13H,3-11H2,1-2H3. The predicted molar refractivity (Wildman–Crippen MR) is 78.3 cm³/mol. The van der Waals surface area contributed by atoms with Gasteiger partial charge in [0.1, 0.15) is 0 Å². The summed E-state index contributed by atoms with van der Waals surface area (Å²) >= 11 is 0. The molecule has 0 aliphatic heterocycles. The number of rotatable bonds is 7. The van der Waals surface area contributed by atoms with Crippen LogP contribution >= 0.6 is 0 Å². The molecule has 1 aliphatic rings. The normalized spacial score (nSPS) is 20.3. The molecule has 0 amide bonds. The summed E-state index contributed by atoms with van der Waals surface area (Å²) in [6, 6.07) is 0. The fourth-order valence-corrected chi connectivity index (χ4v) is 8.18. The Morgan fingerprint density at radius 2 is 1.58 bits per heavy atom. The third-order valence-corrected chi connectivity index (χ3v) is 10.9. The molecule has 0 aromatic rings. The van der Waals surface area contributed by atoms with Crippen molar-refractivity contribution < 1.29 is 16.8 Å². The molecule has 0 aromatic carbocycles. The van der Waals surface area contributed by atoms with E-state index < -0.39 is 28.2 Å². The Balaban J connectivity index is 2.79. The Kier molecular flexibility index (Phi) is 6.30. The minimum Gasteiger partial charge on any atom is -0.212 e. The number of unbranched alkanes of at least 4 members (excludes halogenated alkanes) is 2. The van der Waals surface area contributed by atoms with Gasteiger partial charge in [0.05, 0.1) is 10.5 Å². The molecule has 0 bridgehead atoms. The Morgan fingerprint density at radius 3 is 2.11 bits per heavy atom. The molecule has 1 fully saturated rings. The van der Waals surface area contributed by atoms with Crippen LogP contribution in [0.1, 0.15) is 71.6 Å². The molecule has 6 heteroatoms. The summed E-state index contributed by atoms with van der Waals surface area (Å²) in [6.07, 6.45) is 6.84. The molecule has 1 unspecified atom stereocenters. The van der Waals surface area contributed by atoms with E-state index in [-0.39, 0.29) is 0 Å². The van der Waals surface area contributed by atoms with Gasteiger partial charge in [0, 0.05) is 0 Å². The average Bonchev–Trinajstić information content (AvgIpc) is 2.39. The molecule has 1 saturated carbocycles. The lowest BCUT2D eigenvalue weighted by molar-refractivity contribution is 0.486. The van der Waals surface area contributed by atoms with Gasteiger partial charge in [-0.15, -0.1) is 0 Å². The molecule has 1 aliphatic carbocycles. The van der Waals surface area contributed by atoms with Crippen LogP contribution in [0.15, 0.2) is 0 Å². The lowest BCUT2D eigenvalue weighted by Gasteiger charge is -2.23. The van der Waals surface area contributed by atoms with Gasteiger partial charge in [-0.1, -0.05) is 45.4 Å². The van der Waals surface area contributed by atoms with Crippen LogP contribution in [0.2, 0.25) is 0 Å². The zero-order valence-electron chi connectivity index (χ0n) is 12.0. The van der Waals surface area contributed by atoms with Gasteiger partial charge in [-0.3, -0.25) is 0 Å². The van der Waals surface area contributed by atoms with Crippen molar-refractivity contribution in [3.8, 4) is 0 Å². The van der Waals surface area contributed by atoms with E-state index in [1.165, 1.54) is 6.92 Å². The van der Waals surface area contributed by atoms with E-state index in [1.807, 2.05) is 6.92 Å². The van der Waals surface area contributed by atoms with Crippen LogP contribution in [0, 0.1) is 0 Å². The zero-order chi connectivity index (χ0) is 14.5. The van der Waals surface area contributed by atoms with Crippen molar-refractivity contribution >= 4 is 17.7 Å². The van der Waals surface area contributed by atoms with Gasteiger partial charge in [-0.2, -0.15) is 0 Å². The van der Waals surface area contributed by atoms with Crippen LogP contribution in [0.25, 0.3) is 0 Å². The van der Waals surface area contributed by atoms with Gasteiger partial charge in [-0.05, 0) is 26.2 Å². The highest BCUT2D eigenvalue weighted by Gasteiger charge is 2.41. The molecule has 0 aromatic heterocycles. The molecule has 0 heterocycles. The van der Waals surface area contributed by atoms with Gasteiger partial charge in [0.2, 0.25) is 0 Å². The minimum atomic E-state index is -4.05. The molecule has 0 saturated heterocycles. The quantitative estimate of drug-likeness (QED) is 0.535. The summed E-state index contributed by atoms with van der Waals surface area (Å²) in [7, 11) is -8.07. The highest BCUT2D eigenvalue weighted by molar-refractivity contribution is 8.67. The van der Waals surface area contributed by atoms with Crippen molar-refractivity contribution in [2.24, 2.45) is 0 Å². The first-order valence-electron chi connectivity index (χ1n) is 7.31. The molecular weight excluding hydrogens is 284 g/mol. The SMILES string of the molecule is CCCCCC(C)S(=O)(=O)S(=O)(=O)C1CCCCC1. The van der Waals surface area contributed by atoms with E-state index in [9.17, 15) is 16.8 Å².